The van der Waals surface area contributed by atoms with Crippen molar-refractivity contribution in [2.24, 2.45) is 5.92 Å². The van der Waals surface area contributed by atoms with E-state index >= 15 is 0 Å². The van der Waals surface area contributed by atoms with E-state index in [4.69, 9.17) is 0 Å². The van der Waals surface area contributed by atoms with Crippen molar-refractivity contribution in [1.29, 1.82) is 0 Å². The fraction of sp³-hybridized carbons (Fsp3) is 0.500. The van der Waals surface area contributed by atoms with Crippen molar-refractivity contribution in [2.45, 2.75) is 25.9 Å². The molecule has 106 valence electrons. The van der Waals surface area contributed by atoms with Crippen LogP contribution < -0.4 is 10.9 Å². The zero-order valence-corrected chi connectivity index (χ0v) is 12.5. The van der Waals surface area contributed by atoms with E-state index in [-0.39, 0.29) is 5.56 Å². The first-order valence-corrected chi connectivity index (χ1v) is 7.37. The highest BCUT2D eigenvalue weighted by Crippen LogP contribution is 2.30. The first-order chi connectivity index (χ1) is 9.74. The van der Waals surface area contributed by atoms with Gasteiger partial charge in [-0.05, 0) is 34.7 Å². The summed E-state index contributed by atoms with van der Waals surface area (Å²) < 4.78 is 3.79. The van der Waals surface area contributed by atoms with Crippen LogP contribution in [0.3, 0.4) is 0 Å². The molecule has 0 radical (unpaired) electrons. The molecule has 0 aromatic carbocycles. The maximum atomic E-state index is 12.1. The van der Waals surface area contributed by atoms with Gasteiger partial charge in [0, 0.05) is 19.3 Å². The van der Waals surface area contributed by atoms with Crippen molar-refractivity contribution in [1.82, 2.24) is 24.8 Å². The molecule has 1 fully saturated rings. The van der Waals surface area contributed by atoms with Gasteiger partial charge in [-0.2, -0.15) is 5.10 Å². The molecule has 20 heavy (non-hydrogen) atoms. The van der Waals surface area contributed by atoms with E-state index in [1.54, 1.807) is 23.3 Å². The van der Waals surface area contributed by atoms with E-state index in [0.29, 0.717) is 29.2 Å². The molecule has 1 N–H and O–H groups in total. The number of hydrogen-bond donors (Lipinski definition) is 1. The molecule has 1 aliphatic carbocycles. The van der Waals surface area contributed by atoms with Crippen molar-refractivity contribution >= 4 is 21.6 Å². The summed E-state index contributed by atoms with van der Waals surface area (Å²) in [6, 6.07) is 0. The number of halogens is 1. The van der Waals surface area contributed by atoms with Gasteiger partial charge < -0.3 is 5.32 Å². The fourth-order valence-corrected chi connectivity index (χ4v) is 2.37. The Kier molecular flexibility index (Phi) is 3.81. The molecule has 8 heteroatoms. The third-order valence-electron chi connectivity index (χ3n) is 3.24. The minimum absolute atomic E-state index is 0.0809. The van der Waals surface area contributed by atoms with Crippen molar-refractivity contribution in [3.63, 3.8) is 0 Å². The van der Waals surface area contributed by atoms with E-state index in [1.165, 1.54) is 17.5 Å². The van der Waals surface area contributed by atoms with Crippen LogP contribution in [0.15, 0.2) is 27.9 Å². The van der Waals surface area contributed by atoms with Crippen LogP contribution in [0.5, 0.6) is 0 Å². The molecular formula is C12H15BrN6O. The van der Waals surface area contributed by atoms with E-state index in [0.717, 1.165) is 6.54 Å². The minimum atomic E-state index is -0.0809. The molecule has 7 nitrogen and oxygen atoms in total. The van der Waals surface area contributed by atoms with Crippen LogP contribution in [0.2, 0.25) is 0 Å². The molecule has 0 amide bonds. The van der Waals surface area contributed by atoms with Crippen LogP contribution in [-0.2, 0) is 13.1 Å². The lowest BCUT2D eigenvalue weighted by Gasteiger charge is -2.10. The monoisotopic (exact) mass is 338 g/mol. The van der Waals surface area contributed by atoms with Gasteiger partial charge in [-0.1, -0.05) is 5.21 Å². The molecule has 0 spiro atoms. The molecule has 0 atom stereocenters. The Balaban J connectivity index is 1.64. The Bertz CT molecular complexity index is 634. The summed E-state index contributed by atoms with van der Waals surface area (Å²) in [5, 5.41) is 15.0. The Hall–Kier alpha value is -1.70. The van der Waals surface area contributed by atoms with Gasteiger partial charge in [0.25, 0.3) is 5.56 Å². The third-order valence-corrected chi connectivity index (χ3v) is 4.01. The van der Waals surface area contributed by atoms with Gasteiger partial charge in [-0.3, -0.25) is 9.48 Å². The maximum absolute atomic E-state index is 12.1. The highest BCUT2D eigenvalue weighted by Gasteiger charge is 2.23. The van der Waals surface area contributed by atoms with Crippen LogP contribution in [0.25, 0.3) is 0 Å². The molecule has 2 aromatic heterocycles. The van der Waals surface area contributed by atoms with Crippen LogP contribution in [-0.4, -0.2) is 31.3 Å². The van der Waals surface area contributed by atoms with Crippen molar-refractivity contribution in [3.05, 3.63) is 33.4 Å². The SMILES string of the molecule is O=c1c(Br)c(NCCn2ccnn2)cnn1CC1CC1. The number of nitrogens with one attached hydrogen (secondary N) is 1. The van der Waals surface area contributed by atoms with E-state index in [1.807, 2.05) is 0 Å². The Labute approximate surface area is 124 Å². The topological polar surface area (TPSA) is 77.6 Å². The molecule has 3 rings (SSSR count). The van der Waals surface area contributed by atoms with Gasteiger partial charge in [0.1, 0.15) is 4.47 Å². The quantitative estimate of drug-likeness (QED) is 0.853. The van der Waals surface area contributed by atoms with Crippen LogP contribution >= 0.6 is 15.9 Å². The lowest BCUT2D eigenvalue weighted by Crippen LogP contribution is -2.25. The van der Waals surface area contributed by atoms with Crippen molar-refractivity contribution < 1.29 is 0 Å². The smallest absolute Gasteiger partial charge is 0.283 e. The van der Waals surface area contributed by atoms with Crippen molar-refractivity contribution in [2.75, 3.05) is 11.9 Å². The fourth-order valence-electron chi connectivity index (χ4n) is 1.92. The number of hydrogen-bond acceptors (Lipinski definition) is 5. The largest absolute Gasteiger partial charge is 0.381 e. The highest BCUT2D eigenvalue weighted by atomic mass is 79.9. The third kappa shape index (κ3) is 3.06. The molecule has 0 saturated heterocycles. The minimum Gasteiger partial charge on any atom is -0.381 e. The number of rotatable bonds is 6. The van der Waals surface area contributed by atoms with Gasteiger partial charge >= 0.3 is 0 Å². The van der Waals surface area contributed by atoms with Gasteiger partial charge in [-0.15, -0.1) is 5.10 Å². The standard InChI is InChI=1S/C12H15BrN6O/c13-11-10(14-3-5-18-6-4-15-17-18)7-16-19(12(11)20)8-9-1-2-9/h4,6-7,9,14H,1-3,5,8H2. The normalized spacial score (nSPS) is 14.4. The number of aromatic nitrogens is 5. The van der Waals surface area contributed by atoms with Crippen molar-refractivity contribution in [3.8, 4) is 0 Å². The first-order valence-electron chi connectivity index (χ1n) is 6.57. The second-order valence-electron chi connectivity index (χ2n) is 4.90. The molecule has 0 bridgehead atoms. The second-order valence-corrected chi connectivity index (χ2v) is 5.69. The molecule has 2 heterocycles. The molecule has 2 aromatic rings. The average molecular weight is 339 g/mol. The lowest BCUT2D eigenvalue weighted by molar-refractivity contribution is 0.531. The van der Waals surface area contributed by atoms with Gasteiger partial charge in [0.05, 0.1) is 24.6 Å². The highest BCUT2D eigenvalue weighted by molar-refractivity contribution is 9.10. The Morgan fingerprint density at radius 3 is 3.00 bits per heavy atom. The van der Waals surface area contributed by atoms with Gasteiger partial charge in [0.15, 0.2) is 0 Å². The van der Waals surface area contributed by atoms with Gasteiger partial charge in [0.2, 0.25) is 0 Å². The summed E-state index contributed by atoms with van der Waals surface area (Å²) >= 11 is 3.35. The summed E-state index contributed by atoms with van der Waals surface area (Å²) in [6.07, 6.45) is 7.52. The summed E-state index contributed by atoms with van der Waals surface area (Å²) in [5.41, 5.74) is 0.629. The summed E-state index contributed by atoms with van der Waals surface area (Å²) in [6.45, 7) is 2.05. The maximum Gasteiger partial charge on any atom is 0.283 e. The van der Waals surface area contributed by atoms with E-state index in [2.05, 4.69) is 36.7 Å². The molecule has 1 saturated carbocycles. The number of nitrogens with zero attached hydrogens (tertiary/aromatic N) is 5. The lowest BCUT2D eigenvalue weighted by atomic mass is 10.4. The average Bonchev–Trinajstić information content (AvgIpc) is 3.11. The molecule has 1 aliphatic rings. The second kappa shape index (κ2) is 5.74. The van der Waals surface area contributed by atoms with E-state index < -0.39 is 0 Å². The summed E-state index contributed by atoms with van der Waals surface area (Å²) in [4.78, 5) is 12.1. The summed E-state index contributed by atoms with van der Waals surface area (Å²) in [7, 11) is 0. The Morgan fingerprint density at radius 1 is 1.45 bits per heavy atom. The Morgan fingerprint density at radius 2 is 2.30 bits per heavy atom. The zero-order valence-electron chi connectivity index (χ0n) is 10.9. The van der Waals surface area contributed by atoms with Crippen LogP contribution in [0, 0.1) is 5.92 Å². The first kappa shape index (κ1) is 13.3. The predicted octanol–water partition coefficient (Wildman–Crippen LogP) is 1.12. The van der Waals surface area contributed by atoms with Gasteiger partial charge in [-0.25, -0.2) is 4.68 Å². The molecule has 0 aliphatic heterocycles. The number of anilines is 1. The molecule has 0 unspecified atom stereocenters. The van der Waals surface area contributed by atoms with E-state index in [9.17, 15) is 4.79 Å². The predicted molar refractivity (Wildman–Crippen MR) is 77.4 cm³/mol. The zero-order chi connectivity index (χ0) is 13.9. The summed E-state index contributed by atoms with van der Waals surface area (Å²) in [5.74, 6) is 0.623. The van der Waals surface area contributed by atoms with Crippen LogP contribution in [0.4, 0.5) is 5.69 Å². The van der Waals surface area contributed by atoms with Crippen LogP contribution in [0.1, 0.15) is 12.8 Å². The molecular weight excluding hydrogens is 324 g/mol.